The SMILES string of the molecule is Cc1ccc(Nc2c(C(=O)O)cnc3ccccc23)cc1. The van der Waals surface area contributed by atoms with Gasteiger partial charge in [0.15, 0.2) is 0 Å². The molecule has 2 N–H and O–H groups in total. The summed E-state index contributed by atoms with van der Waals surface area (Å²) in [5.74, 6) is -0.997. The highest BCUT2D eigenvalue weighted by Crippen LogP contribution is 2.29. The number of hydrogen-bond acceptors (Lipinski definition) is 3. The van der Waals surface area contributed by atoms with E-state index >= 15 is 0 Å². The van der Waals surface area contributed by atoms with Crippen molar-refractivity contribution in [2.45, 2.75) is 6.92 Å². The Morgan fingerprint density at radius 1 is 1.10 bits per heavy atom. The number of aromatic carboxylic acids is 1. The van der Waals surface area contributed by atoms with Gasteiger partial charge in [-0.1, -0.05) is 35.9 Å². The first kappa shape index (κ1) is 13.1. The number of rotatable bonds is 3. The van der Waals surface area contributed by atoms with Crippen molar-refractivity contribution >= 4 is 28.2 Å². The molecule has 4 nitrogen and oxygen atoms in total. The summed E-state index contributed by atoms with van der Waals surface area (Å²) in [5, 5.41) is 13.4. The summed E-state index contributed by atoms with van der Waals surface area (Å²) < 4.78 is 0. The molecule has 0 fully saturated rings. The molecule has 0 unspecified atom stereocenters. The third-order valence-corrected chi connectivity index (χ3v) is 3.33. The van der Waals surface area contributed by atoms with E-state index in [9.17, 15) is 9.90 Å². The fourth-order valence-electron chi connectivity index (χ4n) is 2.22. The van der Waals surface area contributed by atoms with Crippen molar-refractivity contribution in [2.75, 3.05) is 5.32 Å². The van der Waals surface area contributed by atoms with Crippen molar-refractivity contribution in [3.8, 4) is 0 Å². The van der Waals surface area contributed by atoms with Crippen LogP contribution in [0.1, 0.15) is 15.9 Å². The number of hydrogen-bond donors (Lipinski definition) is 2. The number of carboxylic acids is 1. The Labute approximate surface area is 122 Å². The monoisotopic (exact) mass is 278 g/mol. The lowest BCUT2D eigenvalue weighted by Gasteiger charge is -2.12. The van der Waals surface area contributed by atoms with Gasteiger partial charge in [0.05, 0.1) is 11.2 Å². The second-order valence-corrected chi connectivity index (χ2v) is 4.86. The number of carboxylic acid groups (broad SMARTS) is 1. The average molecular weight is 278 g/mol. The van der Waals surface area contributed by atoms with Crippen LogP contribution < -0.4 is 5.32 Å². The van der Waals surface area contributed by atoms with Crippen LogP contribution in [-0.4, -0.2) is 16.1 Å². The molecular weight excluding hydrogens is 264 g/mol. The molecular formula is C17H14N2O2. The summed E-state index contributed by atoms with van der Waals surface area (Å²) in [4.78, 5) is 15.6. The van der Waals surface area contributed by atoms with Crippen LogP contribution in [0.5, 0.6) is 0 Å². The molecule has 104 valence electrons. The number of fused-ring (bicyclic) bond motifs is 1. The number of para-hydroxylation sites is 1. The number of carbonyl (C=O) groups is 1. The number of aromatic nitrogens is 1. The number of benzene rings is 2. The molecule has 0 saturated carbocycles. The van der Waals surface area contributed by atoms with E-state index in [4.69, 9.17) is 0 Å². The minimum atomic E-state index is -0.997. The number of nitrogens with zero attached hydrogens (tertiary/aromatic N) is 1. The van der Waals surface area contributed by atoms with Crippen molar-refractivity contribution < 1.29 is 9.90 Å². The minimum Gasteiger partial charge on any atom is -0.478 e. The molecule has 3 aromatic rings. The van der Waals surface area contributed by atoms with E-state index in [1.54, 1.807) is 0 Å². The smallest absolute Gasteiger partial charge is 0.339 e. The van der Waals surface area contributed by atoms with Gasteiger partial charge in [-0.05, 0) is 25.1 Å². The van der Waals surface area contributed by atoms with Crippen molar-refractivity contribution in [2.24, 2.45) is 0 Å². The van der Waals surface area contributed by atoms with Gasteiger partial charge in [-0.15, -0.1) is 0 Å². The van der Waals surface area contributed by atoms with E-state index in [1.807, 2.05) is 55.5 Å². The molecule has 21 heavy (non-hydrogen) atoms. The van der Waals surface area contributed by atoms with Crippen LogP contribution in [0.2, 0.25) is 0 Å². The van der Waals surface area contributed by atoms with E-state index in [0.717, 1.165) is 22.2 Å². The first-order chi connectivity index (χ1) is 10.1. The lowest BCUT2D eigenvalue weighted by atomic mass is 10.1. The van der Waals surface area contributed by atoms with Gasteiger partial charge >= 0.3 is 5.97 Å². The van der Waals surface area contributed by atoms with Crippen LogP contribution in [0.3, 0.4) is 0 Å². The van der Waals surface area contributed by atoms with E-state index in [0.29, 0.717) is 5.69 Å². The Bertz CT molecular complexity index is 811. The quantitative estimate of drug-likeness (QED) is 0.760. The molecule has 0 spiro atoms. The summed E-state index contributed by atoms with van der Waals surface area (Å²) >= 11 is 0. The Balaban J connectivity index is 2.16. The van der Waals surface area contributed by atoms with Gasteiger partial charge in [-0.2, -0.15) is 0 Å². The zero-order valence-electron chi connectivity index (χ0n) is 11.5. The fraction of sp³-hybridized carbons (Fsp3) is 0.0588. The van der Waals surface area contributed by atoms with E-state index in [-0.39, 0.29) is 5.56 Å². The van der Waals surface area contributed by atoms with Crippen LogP contribution in [0.15, 0.2) is 54.7 Å². The molecule has 0 aliphatic carbocycles. The lowest BCUT2D eigenvalue weighted by Crippen LogP contribution is -2.04. The molecule has 0 aliphatic rings. The molecule has 0 aliphatic heterocycles. The van der Waals surface area contributed by atoms with Crippen molar-refractivity contribution in [1.29, 1.82) is 0 Å². The lowest BCUT2D eigenvalue weighted by molar-refractivity contribution is 0.0697. The maximum absolute atomic E-state index is 11.4. The molecule has 0 atom stereocenters. The van der Waals surface area contributed by atoms with Crippen molar-refractivity contribution in [1.82, 2.24) is 4.98 Å². The summed E-state index contributed by atoms with van der Waals surface area (Å²) in [5.41, 5.74) is 3.49. The highest BCUT2D eigenvalue weighted by molar-refractivity contribution is 6.05. The number of nitrogens with one attached hydrogen (secondary N) is 1. The highest BCUT2D eigenvalue weighted by atomic mass is 16.4. The second-order valence-electron chi connectivity index (χ2n) is 4.86. The fourth-order valence-corrected chi connectivity index (χ4v) is 2.22. The van der Waals surface area contributed by atoms with Crippen LogP contribution >= 0.6 is 0 Å². The van der Waals surface area contributed by atoms with Crippen LogP contribution in [0, 0.1) is 6.92 Å². The zero-order chi connectivity index (χ0) is 14.8. The minimum absolute atomic E-state index is 0.161. The number of pyridine rings is 1. The van der Waals surface area contributed by atoms with Crippen LogP contribution in [0.4, 0.5) is 11.4 Å². The summed E-state index contributed by atoms with van der Waals surface area (Å²) in [6, 6.07) is 15.3. The largest absolute Gasteiger partial charge is 0.478 e. The molecule has 3 rings (SSSR count). The highest BCUT2D eigenvalue weighted by Gasteiger charge is 2.14. The van der Waals surface area contributed by atoms with Gasteiger partial charge in [-0.3, -0.25) is 4.98 Å². The number of aryl methyl sites for hydroxylation is 1. The predicted octanol–water partition coefficient (Wildman–Crippen LogP) is 3.99. The summed E-state index contributed by atoms with van der Waals surface area (Å²) in [6.07, 6.45) is 1.39. The molecule has 0 saturated heterocycles. The van der Waals surface area contributed by atoms with Crippen LogP contribution in [-0.2, 0) is 0 Å². The maximum atomic E-state index is 11.4. The molecule has 2 aromatic carbocycles. The zero-order valence-corrected chi connectivity index (χ0v) is 11.5. The van der Waals surface area contributed by atoms with Gasteiger partial charge < -0.3 is 10.4 Å². The molecule has 0 bridgehead atoms. The van der Waals surface area contributed by atoms with Gasteiger partial charge in [0.1, 0.15) is 5.56 Å². The second kappa shape index (κ2) is 5.25. The summed E-state index contributed by atoms with van der Waals surface area (Å²) in [7, 11) is 0. The Morgan fingerprint density at radius 3 is 2.52 bits per heavy atom. The molecule has 0 radical (unpaired) electrons. The van der Waals surface area contributed by atoms with Crippen molar-refractivity contribution in [3.05, 3.63) is 65.9 Å². The van der Waals surface area contributed by atoms with Gasteiger partial charge in [-0.25, -0.2) is 4.79 Å². The normalized spacial score (nSPS) is 10.5. The molecule has 1 aromatic heterocycles. The summed E-state index contributed by atoms with van der Waals surface area (Å²) in [6.45, 7) is 2.01. The molecule has 1 heterocycles. The van der Waals surface area contributed by atoms with Crippen molar-refractivity contribution in [3.63, 3.8) is 0 Å². The Hall–Kier alpha value is -2.88. The number of anilines is 2. The standard InChI is InChI=1S/C17H14N2O2/c1-11-6-8-12(9-7-11)19-16-13-4-2-3-5-15(13)18-10-14(16)17(20)21/h2-10H,1H3,(H,18,19)(H,20,21). The van der Waals surface area contributed by atoms with E-state index in [2.05, 4.69) is 10.3 Å². The Morgan fingerprint density at radius 2 is 1.81 bits per heavy atom. The van der Waals surface area contributed by atoms with Gasteiger partial charge in [0, 0.05) is 17.3 Å². The first-order valence-corrected chi connectivity index (χ1v) is 6.60. The topological polar surface area (TPSA) is 62.2 Å². The van der Waals surface area contributed by atoms with E-state index < -0.39 is 5.97 Å². The van der Waals surface area contributed by atoms with Gasteiger partial charge in [0.25, 0.3) is 0 Å². The maximum Gasteiger partial charge on any atom is 0.339 e. The molecule has 0 amide bonds. The van der Waals surface area contributed by atoms with E-state index in [1.165, 1.54) is 6.20 Å². The molecule has 4 heteroatoms. The average Bonchev–Trinajstić information content (AvgIpc) is 2.49. The van der Waals surface area contributed by atoms with Crippen LogP contribution in [0.25, 0.3) is 10.9 Å². The van der Waals surface area contributed by atoms with Gasteiger partial charge in [0.2, 0.25) is 0 Å². The predicted molar refractivity (Wildman–Crippen MR) is 83.2 cm³/mol. The Kier molecular flexibility index (Phi) is 3.28. The first-order valence-electron chi connectivity index (χ1n) is 6.60. The third-order valence-electron chi connectivity index (χ3n) is 3.33. The third kappa shape index (κ3) is 2.56.